The molecule has 0 atom stereocenters. The number of anilines is 2. The molecule has 0 saturated carbocycles. The lowest BCUT2D eigenvalue weighted by Gasteiger charge is -2.32. The number of benzene rings is 1. The molecule has 33 heavy (non-hydrogen) atoms. The Kier molecular flexibility index (Phi) is 7.46. The number of piperazine rings is 1. The first-order valence-electron chi connectivity index (χ1n) is 10.8. The smallest absolute Gasteiger partial charge is 0.420 e. The van der Waals surface area contributed by atoms with Gasteiger partial charge >= 0.3 is 6.18 Å². The summed E-state index contributed by atoms with van der Waals surface area (Å²) in [4.78, 5) is 13.1. The molecular formula is C23H26F3N5OS. The molecule has 3 heterocycles. The fourth-order valence-corrected chi connectivity index (χ4v) is 4.34. The molecule has 4 rings (SSSR count). The van der Waals surface area contributed by atoms with Crippen molar-refractivity contribution in [3.05, 3.63) is 53.7 Å². The molecule has 176 valence electrons. The predicted molar refractivity (Wildman–Crippen MR) is 124 cm³/mol. The number of likely N-dealkylation sites (N-methyl/N-ethyl adjacent to an activating group) is 1. The van der Waals surface area contributed by atoms with Crippen LogP contribution in [0.3, 0.4) is 0 Å². The highest BCUT2D eigenvalue weighted by Gasteiger charge is 2.35. The van der Waals surface area contributed by atoms with E-state index in [0.717, 1.165) is 44.4 Å². The maximum atomic E-state index is 13.7. The maximum absolute atomic E-state index is 13.7. The van der Waals surface area contributed by atoms with Gasteiger partial charge in [0.2, 0.25) is 0 Å². The average molecular weight is 478 g/mol. The first-order chi connectivity index (χ1) is 15.9. The van der Waals surface area contributed by atoms with E-state index in [2.05, 4.69) is 32.1 Å². The molecule has 0 bridgehead atoms. The van der Waals surface area contributed by atoms with E-state index in [0.29, 0.717) is 22.9 Å². The van der Waals surface area contributed by atoms with Gasteiger partial charge in [-0.3, -0.25) is 4.98 Å². The van der Waals surface area contributed by atoms with Crippen LogP contribution in [-0.2, 0) is 6.18 Å². The molecule has 1 aromatic carbocycles. The summed E-state index contributed by atoms with van der Waals surface area (Å²) in [7, 11) is 2.09. The predicted octanol–water partition coefficient (Wildman–Crippen LogP) is 4.98. The first kappa shape index (κ1) is 23.5. The van der Waals surface area contributed by atoms with Crippen molar-refractivity contribution >= 4 is 22.2 Å². The minimum absolute atomic E-state index is 0.151. The molecule has 0 radical (unpaired) electrons. The molecule has 10 heteroatoms. The summed E-state index contributed by atoms with van der Waals surface area (Å²) >= 11 is 1.32. The number of aromatic nitrogens is 2. The van der Waals surface area contributed by atoms with Crippen molar-refractivity contribution in [3.8, 4) is 17.0 Å². The Balaban J connectivity index is 1.38. The normalized spacial score (nSPS) is 15.5. The second-order valence-electron chi connectivity index (χ2n) is 7.96. The second kappa shape index (κ2) is 10.5. The fourth-order valence-electron chi connectivity index (χ4n) is 3.60. The molecule has 1 fully saturated rings. The number of rotatable bonds is 8. The van der Waals surface area contributed by atoms with Crippen LogP contribution in [0, 0.1) is 0 Å². The largest absolute Gasteiger partial charge is 0.493 e. The second-order valence-corrected chi connectivity index (χ2v) is 8.82. The summed E-state index contributed by atoms with van der Waals surface area (Å²) < 4.78 is 46.6. The zero-order chi connectivity index (χ0) is 23.3. The molecule has 1 aliphatic rings. The number of pyridine rings is 1. The Bertz CT molecular complexity index is 1040. The van der Waals surface area contributed by atoms with Crippen LogP contribution >= 0.6 is 11.3 Å². The van der Waals surface area contributed by atoms with Crippen molar-refractivity contribution in [2.75, 3.05) is 51.7 Å². The highest BCUT2D eigenvalue weighted by atomic mass is 32.1. The molecule has 0 amide bonds. The van der Waals surface area contributed by atoms with Crippen molar-refractivity contribution in [2.24, 2.45) is 0 Å². The summed E-state index contributed by atoms with van der Waals surface area (Å²) in [5.41, 5.74) is 1.07. The lowest BCUT2D eigenvalue weighted by Crippen LogP contribution is -2.44. The molecule has 1 saturated heterocycles. The molecule has 6 nitrogen and oxygen atoms in total. The van der Waals surface area contributed by atoms with Gasteiger partial charge in [0.05, 0.1) is 17.9 Å². The van der Waals surface area contributed by atoms with E-state index < -0.39 is 11.7 Å². The lowest BCUT2D eigenvalue weighted by molar-refractivity contribution is -0.138. The molecule has 0 aliphatic carbocycles. The van der Waals surface area contributed by atoms with Gasteiger partial charge in [-0.15, -0.1) is 11.3 Å². The van der Waals surface area contributed by atoms with E-state index in [-0.39, 0.29) is 12.4 Å². The number of thiazole rings is 1. The quantitative estimate of drug-likeness (QED) is 0.462. The van der Waals surface area contributed by atoms with Crippen LogP contribution in [0.2, 0.25) is 0 Å². The van der Waals surface area contributed by atoms with Gasteiger partial charge in [-0.05, 0) is 43.8 Å². The summed E-state index contributed by atoms with van der Waals surface area (Å²) in [5, 5.41) is 5.31. The van der Waals surface area contributed by atoms with Gasteiger partial charge in [-0.25, -0.2) is 4.98 Å². The number of hydrogen-bond donors (Lipinski definition) is 1. The molecule has 3 aromatic rings. The van der Waals surface area contributed by atoms with Crippen LogP contribution in [0.5, 0.6) is 5.75 Å². The SMILES string of the molecule is CN1CCN(CCCOc2ccc(Nc3nc(-c4cccnc4)cs3)cc2C(F)(F)F)CC1. The topological polar surface area (TPSA) is 53.5 Å². The monoisotopic (exact) mass is 477 g/mol. The Hall–Kier alpha value is -2.69. The Morgan fingerprint density at radius 3 is 2.70 bits per heavy atom. The van der Waals surface area contributed by atoms with Crippen LogP contribution in [0.25, 0.3) is 11.3 Å². The average Bonchev–Trinajstić information content (AvgIpc) is 3.27. The van der Waals surface area contributed by atoms with E-state index >= 15 is 0 Å². The van der Waals surface area contributed by atoms with Crippen LogP contribution in [0.15, 0.2) is 48.1 Å². The van der Waals surface area contributed by atoms with Crippen molar-refractivity contribution in [1.82, 2.24) is 19.8 Å². The Morgan fingerprint density at radius 1 is 1.15 bits per heavy atom. The highest BCUT2D eigenvalue weighted by molar-refractivity contribution is 7.14. The number of alkyl halides is 3. The van der Waals surface area contributed by atoms with Gasteiger partial charge < -0.3 is 19.9 Å². The minimum atomic E-state index is -4.52. The minimum Gasteiger partial charge on any atom is -0.493 e. The van der Waals surface area contributed by atoms with Gasteiger partial charge in [0, 0.05) is 61.7 Å². The highest BCUT2D eigenvalue weighted by Crippen LogP contribution is 2.39. The molecular weight excluding hydrogens is 451 g/mol. The third kappa shape index (κ3) is 6.43. The van der Waals surface area contributed by atoms with E-state index in [1.54, 1.807) is 24.5 Å². The van der Waals surface area contributed by atoms with Crippen LogP contribution in [-0.4, -0.2) is 66.1 Å². The number of halogens is 3. The van der Waals surface area contributed by atoms with Gasteiger partial charge in [-0.2, -0.15) is 13.2 Å². The van der Waals surface area contributed by atoms with Crippen LogP contribution in [0.1, 0.15) is 12.0 Å². The number of nitrogens with zero attached hydrogens (tertiary/aromatic N) is 4. The van der Waals surface area contributed by atoms with E-state index in [1.807, 2.05) is 11.4 Å². The van der Waals surface area contributed by atoms with E-state index in [1.165, 1.54) is 17.4 Å². The van der Waals surface area contributed by atoms with Crippen LogP contribution in [0.4, 0.5) is 24.0 Å². The van der Waals surface area contributed by atoms with E-state index in [9.17, 15) is 13.2 Å². The third-order valence-electron chi connectivity index (χ3n) is 5.47. The van der Waals surface area contributed by atoms with Gasteiger partial charge in [-0.1, -0.05) is 0 Å². The Morgan fingerprint density at radius 2 is 1.97 bits per heavy atom. The summed E-state index contributed by atoms with van der Waals surface area (Å²) in [6.07, 6.45) is -0.480. The van der Waals surface area contributed by atoms with Gasteiger partial charge in [0.15, 0.2) is 5.13 Å². The molecule has 0 spiro atoms. The number of hydrogen-bond acceptors (Lipinski definition) is 7. The number of ether oxygens (including phenoxy) is 1. The maximum Gasteiger partial charge on any atom is 0.420 e. The standard InChI is InChI=1S/C23H26F3N5OS/c1-30-9-11-31(12-10-30)8-3-13-32-21-6-5-18(14-19(21)23(24,25)26)28-22-29-20(16-33-22)17-4-2-7-27-15-17/h2,4-7,14-16H,3,8-13H2,1H3,(H,28,29). The van der Waals surface area contributed by atoms with Crippen molar-refractivity contribution in [3.63, 3.8) is 0 Å². The fraction of sp³-hybridized carbons (Fsp3) is 0.391. The third-order valence-corrected chi connectivity index (χ3v) is 6.23. The van der Waals surface area contributed by atoms with E-state index in [4.69, 9.17) is 4.74 Å². The number of nitrogens with one attached hydrogen (secondary N) is 1. The zero-order valence-corrected chi connectivity index (χ0v) is 19.1. The van der Waals surface area contributed by atoms with Crippen molar-refractivity contribution < 1.29 is 17.9 Å². The van der Waals surface area contributed by atoms with Crippen molar-refractivity contribution in [1.29, 1.82) is 0 Å². The molecule has 1 aliphatic heterocycles. The first-order valence-corrected chi connectivity index (χ1v) is 11.6. The molecule has 2 aromatic heterocycles. The molecule has 0 unspecified atom stereocenters. The van der Waals surface area contributed by atoms with Crippen LogP contribution < -0.4 is 10.1 Å². The Labute approximate surface area is 195 Å². The summed E-state index contributed by atoms with van der Waals surface area (Å²) in [6, 6.07) is 7.71. The zero-order valence-electron chi connectivity index (χ0n) is 18.3. The summed E-state index contributed by atoms with van der Waals surface area (Å²) in [6.45, 7) is 5.03. The summed E-state index contributed by atoms with van der Waals surface area (Å²) in [5.74, 6) is -0.151. The van der Waals surface area contributed by atoms with Gasteiger partial charge in [0.1, 0.15) is 5.75 Å². The van der Waals surface area contributed by atoms with Crippen molar-refractivity contribution in [2.45, 2.75) is 12.6 Å². The lowest BCUT2D eigenvalue weighted by atomic mass is 10.1. The van der Waals surface area contributed by atoms with Gasteiger partial charge in [0.25, 0.3) is 0 Å². The molecule has 1 N–H and O–H groups in total.